The zero-order valence-corrected chi connectivity index (χ0v) is 16.7. The first-order valence-electron chi connectivity index (χ1n) is 9.88. The van der Waals surface area contributed by atoms with Gasteiger partial charge in [-0.1, -0.05) is 36.4 Å². The molecular formula is C24H21FN2OS. The third-order valence-electron chi connectivity index (χ3n) is 5.65. The minimum atomic E-state index is -0.228. The third-order valence-corrected chi connectivity index (χ3v) is 6.58. The Bertz CT molecular complexity index is 1090. The van der Waals surface area contributed by atoms with E-state index < -0.39 is 0 Å². The van der Waals surface area contributed by atoms with Gasteiger partial charge in [0.15, 0.2) is 5.78 Å². The molecule has 5 rings (SSSR count). The normalized spacial score (nSPS) is 18.7. The maximum absolute atomic E-state index is 14.6. The van der Waals surface area contributed by atoms with Crippen LogP contribution < -0.4 is 10.2 Å². The van der Waals surface area contributed by atoms with Crippen LogP contribution in [-0.2, 0) is 11.3 Å². The topological polar surface area (TPSA) is 32.3 Å². The van der Waals surface area contributed by atoms with Crippen molar-refractivity contribution in [3.8, 4) is 0 Å². The summed E-state index contributed by atoms with van der Waals surface area (Å²) in [6, 6.07) is 18.8. The number of ketones is 1. The minimum Gasteiger partial charge on any atom is -0.357 e. The Labute approximate surface area is 173 Å². The summed E-state index contributed by atoms with van der Waals surface area (Å²) in [6.45, 7) is 0.387. The van der Waals surface area contributed by atoms with E-state index in [1.165, 1.54) is 6.07 Å². The van der Waals surface area contributed by atoms with Gasteiger partial charge < -0.3 is 10.2 Å². The summed E-state index contributed by atoms with van der Waals surface area (Å²) in [7, 11) is 0. The van der Waals surface area contributed by atoms with E-state index in [-0.39, 0.29) is 17.6 Å². The van der Waals surface area contributed by atoms with Crippen LogP contribution in [0.2, 0.25) is 0 Å². The molecule has 2 aromatic carbocycles. The van der Waals surface area contributed by atoms with E-state index in [1.54, 1.807) is 17.4 Å². The van der Waals surface area contributed by atoms with E-state index in [1.807, 2.05) is 47.8 Å². The van der Waals surface area contributed by atoms with Crippen molar-refractivity contribution < 1.29 is 9.18 Å². The number of allylic oxidation sites excluding steroid dienone is 1. The standard InChI is InChI=1S/C24H21FN2OS/c25-17-8-2-1-7-16(17)15-27-20-11-4-3-9-18(20)26-19-10-5-12-21(28)23(19)24(27)22-13-6-14-29-22/h1-4,6-9,11,13-14,24,26H,5,10,12,15H2/t24-/m0/s1. The summed E-state index contributed by atoms with van der Waals surface area (Å²) in [5, 5.41) is 5.58. The van der Waals surface area contributed by atoms with Crippen LogP contribution in [0.4, 0.5) is 15.8 Å². The molecule has 0 saturated carbocycles. The number of thiophene rings is 1. The van der Waals surface area contributed by atoms with Crippen LogP contribution in [0.1, 0.15) is 35.7 Å². The Hall–Kier alpha value is -2.92. The molecular weight excluding hydrogens is 383 g/mol. The number of carbonyl (C=O) groups excluding carboxylic acids is 1. The fourth-order valence-electron chi connectivity index (χ4n) is 4.33. The average molecular weight is 405 g/mol. The lowest BCUT2D eigenvalue weighted by atomic mass is 9.88. The quantitative estimate of drug-likeness (QED) is 0.575. The van der Waals surface area contributed by atoms with E-state index >= 15 is 0 Å². The Balaban J connectivity index is 1.73. The van der Waals surface area contributed by atoms with Gasteiger partial charge in [-0.25, -0.2) is 4.39 Å². The number of para-hydroxylation sites is 2. The highest BCUT2D eigenvalue weighted by molar-refractivity contribution is 7.10. The van der Waals surface area contributed by atoms with Crippen molar-refractivity contribution in [3.05, 3.63) is 93.6 Å². The van der Waals surface area contributed by atoms with Gasteiger partial charge >= 0.3 is 0 Å². The molecule has 0 amide bonds. The Morgan fingerprint density at radius 2 is 1.86 bits per heavy atom. The van der Waals surface area contributed by atoms with Gasteiger partial charge in [0.25, 0.3) is 0 Å². The first kappa shape index (κ1) is 18.1. The van der Waals surface area contributed by atoms with Crippen molar-refractivity contribution in [3.63, 3.8) is 0 Å². The largest absolute Gasteiger partial charge is 0.357 e. The summed E-state index contributed by atoms with van der Waals surface area (Å²) < 4.78 is 14.6. The first-order chi connectivity index (χ1) is 14.2. The Kier molecular flexibility index (Phi) is 4.68. The SMILES string of the molecule is O=C1CCCC2=C1[C@H](c1cccs1)N(Cc1ccccc1F)c1ccccc1N2. The van der Waals surface area contributed by atoms with E-state index in [9.17, 15) is 9.18 Å². The second-order valence-corrected chi connectivity index (χ2v) is 8.43. The molecule has 3 aromatic rings. The van der Waals surface area contributed by atoms with Gasteiger partial charge in [0.05, 0.1) is 17.4 Å². The monoisotopic (exact) mass is 404 g/mol. The minimum absolute atomic E-state index is 0.184. The van der Waals surface area contributed by atoms with Crippen LogP contribution in [0.5, 0.6) is 0 Å². The van der Waals surface area contributed by atoms with Crippen LogP contribution in [-0.4, -0.2) is 5.78 Å². The van der Waals surface area contributed by atoms with Gasteiger partial charge in [-0.15, -0.1) is 11.3 Å². The van der Waals surface area contributed by atoms with Gasteiger partial charge in [0.2, 0.25) is 0 Å². The van der Waals surface area contributed by atoms with Crippen molar-refractivity contribution >= 4 is 28.5 Å². The fourth-order valence-corrected chi connectivity index (χ4v) is 5.17. The van der Waals surface area contributed by atoms with Crippen molar-refractivity contribution in [2.45, 2.75) is 31.8 Å². The zero-order valence-electron chi connectivity index (χ0n) is 15.9. The number of halogens is 1. The molecule has 146 valence electrons. The van der Waals surface area contributed by atoms with Crippen molar-refractivity contribution in [2.75, 3.05) is 10.2 Å². The Morgan fingerprint density at radius 3 is 2.69 bits per heavy atom. The zero-order chi connectivity index (χ0) is 19.8. The number of Topliss-reactive ketones (excluding diaryl/α,β-unsaturated/α-hetero) is 1. The average Bonchev–Trinajstić information content (AvgIpc) is 3.21. The molecule has 2 heterocycles. The van der Waals surface area contributed by atoms with E-state index in [0.717, 1.165) is 40.4 Å². The lowest BCUT2D eigenvalue weighted by molar-refractivity contribution is -0.116. The molecule has 2 aliphatic rings. The first-order valence-corrected chi connectivity index (χ1v) is 10.8. The summed E-state index contributed by atoms with van der Waals surface area (Å²) in [4.78, 5) is 16.4. The van der Waals surface area contributed by atoms with Gasteiger partial charge in [0.1, 0.15) is 5.82 Å². The molecule has 0 saturated heterocycles. The van der Waals surface area contributed by atoms with Gasteiger partial charge in [-0.05, 0) is 42.5 Å². The molecule has 1 N–H and O–H groups in total. The van der Waals surface area contributed by atoms with Crippen molar-refractivity contribution in [2.24, 2.45) is 0 Å². The fraction of sp³-hybridized carbons (Fsp3) is 0.208. The highest BCUT2D eigenvalue weighted by atomic mass is 32.1. The second-order valence-electron chi connectivity index (χ2n) is 7.45. The number of benzene rings is 2. The van der Waals surface area contributed by atoms with Crippen LogP contribution >= 0.6 is 11.3 Å². The molecule has 0 radical (unpaired) electrons. The molecule has 1 atom stereocenters. The van der Waals surface area contributed by atoms with E-state index in [2.05, 4.69) is 16.3 Å². The molecule has 3 nitrogen and oxygen atoms in total. The van der Waals surface area contributed by atoms with Gasteiger partial charge in [-0.2, -0.15) is 0 Å². The number of carbonyl (C=O) groups is 1. The number of hydrogen-bond acceptors (Lipinski definition) is 4. The van der Waals surface area contributed by atoms with Gasteiger partial charge in [0, 0.05) is 34.7 Å². The van der Waals surface area contributed by atoms with Crippen LogP contribution in [0.15, 0.2) is 77.3 Å². The molecule has 1 aliphatic carbocycles. The number of anilines is 2. The molecule has 29 heavy (non-hydrogen) atoms. The van der Waals surface area contributed by atoms with E-state index in [4.69, 9.17) is 0 Å². The lowest BCUT2D eigenvalue weighted by Crippen LogP contribution is -2.32. The highest BCUT2D eigenvalue weighted by Gasteiger charge is 2.37. The van der Waals surface area contributed by atoms with E-state index in [0.29, 0.717) is 18.5 Å². The molecule has 1 aromatic heterocycles. The number of hydrogen-bond donors (Lipinski definition) is 1. The molecule has 1 aliphatic heterocycles. The predicted molar refractivity (Wildman–Crippen MR) is 116 cm³/mol. The molecule has 0 unspecified atom stereocenters. The van der Waals surface area contributed by atoms with Gasteiger partial charge in [-0.3, -0.25) is 4.79 Å². The lowest BCUT2D eigenvalue weighted by Gasteiger charge is -2.34. The smallest absolute Gasteiger partial charge is 0.163 e. The number of fused-ring (bicyclic) bond motifs is 1. The summed E-state index contributed by atoms with van der Waals surface area (Å²) in [6.07, 6.45) is 2.27. The number of nitrogens with one attached hydrogen (secondary N) is 1. The summed E-state index contributed by atoms with van der Waals surface area (Å²) >= 11 is 1.64. The molecule has 0 fully saturated rings. The van der Waals surface area contributed by atoms with Crippen LogP contribution in [0, 0.1) is 5.82 Å². The third kappa shape index (κ3) is 3.25. The number of nitrogens with zero attached hydrogens (tertiary/aromatic N) is 1. The predicted octanol–water partition coefficient (Wildman–Crippen LogP) is 6.07. The second kappa shape index (κ2) is 7.48. The van der Waals surface area contributed by atoms with Crippen LogP contribution in [0.25, 0.3) is 0 Å². The molecule has 0 bridgehead atoms. The molecule has 5 heteroatoms. The highest BCUT2D eigenvalue weighted by Crippen LogP contribution is 2.46. The Morgan fingerprint density at radius 1 is 1.03 bits per heavy atom. The van der Waals surface area contributed by atoms with Crippen molar-refractivity contribution in [1.29, 1.82) is 0 Å². The van der Waals surface area contributed by atoms with Crippen LogP contribution in [0.3, 0.4) is 0 Å². The summed E-state index contributed by atoms with van der Waals surface area (Å²) in [5.74, 6) is -0.0419. The van der Waals surface area contributed by atoms with Crippen molar-refractivity contribution in [1.82, 2.24) is 0 Å². The number of rotatable bonds is 3. The summed E-state index contributed by atoms with van der Waals surface area (Å²) in [5.41, 5.74) is 4.40. The molecule has 0 spiro atoms. The maximum Gasteiger partial charge on any atom is 0.163 e. The maximum atomic E-state index is 14.6.